The Labute approximate surface area is 182 Å². The van der Waals surface area contributed by atoms with E-state index in [1.54, 1.807) is 24.3 Å². The fraction of sp³-hybridized carbons (Fsp3) is 0.192. The van der Waals surface area contributed by atoms with Crippen molar-refractivity contribution in [2.24, 2.45) is 11.0 Å². The predicted molar refractivity (Wildman–Crippen MR) is 123 cm³/mol. The third kappa shape index (κ3) is 5.25. The summed E-state index contributed by atoms with van der Waals surface area (Å²) in [7, 11) is 0. The summed E-state index contributed by atoms with van der Waals surface area (Å²) in [4.78, 5) is 24.5. The summed E-state index contributed by atoms with van der Waals surface area (Å²) in [6, 6.07) is 27.1. The molecule has 1 saturated carbocycles. The summed E-state index contributed by atoms with van der Waals surface area (Å²) in [5.74, 6) is -0.158. The van der Waals surface area contributed by atoms with Crippen molar-refractivity contribution in [3.8, 4) is 0 Å². The smallest absolute Gasteiger partial charge is 0.271 e. The number of amides is 2. The topological polar surface area (TPSA) is 70.6 Å². The minimum absolute atomic E-state index is 0.0466. The number of nitrogens with zero attached hydrogens (tertiary/aromatic N) is 1. The zero-order valence-corrected chi connectivity index (χ0v) is 17.4. The van der Waals surface area contributed by atoms with E-state index in [1.807, 2.05) is 43.3 Å². The third-order valence-corrected chi connectivity index (χ3v) is 5.38. The van der Waals surface area contributed by atoms with Crippen molar-refractivity contribution in [1.82, 2.24) is 5.43 Å². The highest BCUT2D eigenvalue weighted by molar-refractivity contribution is 5.98. The molecule has 0 bridgehead atoms. The second-order valence-electron chi connectivity index (χ2n) is 7.79. The Kier molecular flexibility index (Phi) is 6.22. The molecule has 31 heavy (non-hydrogen) atoms. The maximum absolute atomic E-state index is 12.6. The highest BCUT2D eigenvalue weighted by Gasteiger charge is 2.29. The van der Waals surface area contributed by atoms with Crippen LogP contribution in [0.15, 0.2) is 90.0 Å². The van der Waals surface area contributed by atoms with E-state index in [0.717, 1.165) is 29.7 Å². The molecule has 0 spiro atoms. The summed E-state index contributed by atoms with van der Waals surface area (Å²) in [6.45, 7) is 1.92. The van der Waals surface area contributed by atoms with E-state index < -0.39 is 0 Å². The van der Waals surface area contributed by atoms with Gasteiger partial charge in [0.25, 0.3) is 5.91 Å². The quantitative estimate of drug-likeness (QED) is 0.425. The predicted octanol–water partition coefficient (Wildman–Crippen LogP) is 4.97. The Morgan fingerprint density at radius 2 is 1.39 bits per heavy atom. The highest BCUT2D eigenvalue weighted by atomic mass is 16.2. The van der Waals surface area contributed by atoms with E-state index in [4.69, 9.17) is 0 Å². The Morgan fingerprint density at radius 1 is 0.839 bits per heavy atom. The normalized spacial score (nSPS) is 13.7. The lowest BCUT2D eigenvalue weighted by Crippen LogP contribution is -2.22. The van der Waals surface area contributed by atoms with Gasteiger partial charge in [-0.15, -0.1) is 0 Å². The molecular formula is C26H25N3O2. The first-order chi connectivity index (χ1) is 15.1. The lowest BCUT2D eigenvalue weighted by atomic mass is 9.88. The molecule has 3 aromatic rings. The number of hydrogen-bond acceptors (Lipinski definition) is 3. The van der Waals surface area contributed by atoms with Crippen LogP contribution in [0.5, 0.6) is 0 Å². The van der Waals surface area contributed by atoms with Crippen LogP contribution >= 0.6 is 0 Å². The van der Waals surface area contributed by atoms with Crippen molar-refractivity contribution in [3.05, 3.63) is 102 Å². The molecule has 1 fully saturated rings. The van der Waals surface area contributed by atoms with Gasteiger partial charge in [0.2, 0.25) is 5.91 Å². The van der Waals surface area contributed by atoms with Crippen molar-refractivity contribution >= 4 is 23.2 Å². The standard InChI is InChI=1S/C26H25N3O2/c1-18(24(19-8-4-2-5-9-19)20-10-6-3-7-11-20)28-29-26(31)22-14-16-23(17-15-22)27-25(30)21-12-13-21/h2-11,14-17,21,24H,12-13H2,1H3,(H,27,30)(H,29,31)/b28-18+. The van der Waals surface area contributed by atoms with Crippen LogP contribution in [0.3, 0.4) is 0 Å². The van der Waals surface area contributed by atoms with Gasteiger partial charge < -0.3 is 5.32 Å². The second kappa shape index (κ2) is 9.39. The van der Waals surface area contributed by atoms with Crippen LogP contribution in [0, 0.1) is 5.92 Å². The Morgan fingerprint density at radius 3 is 1.90 bits per heavy atom. The first-order valence-corrected chi connectivity index (χ1v) is 10.5. The van der Waals surface area contributed by atoms with E-state index in [0.29, 0.717) is 11.3 Å². The Hall–Kier alpha value is -3.73. The number of carbonyl (C=O) groups is 2. The molecule has 5 heteroatoms. The number of hydrazone groups is 1. The monoisotopic (exact) mass is 411 g/mol. The van der Waals surface area contributed by atoms with Gasteiger partial charge in [0.15, 0.2) is 0 Å². The molecule has 3 aromatic carbocycles. The molecule has 0 aromatic heterocycles. The van der Waals surface area contributed by atoms with E-state index >= 15 is 0 Å². The molecule has 0 atom stereocenters. The van der Waals surface area contributed by atoms with Crippen LogP contribution in [0.1, 0.15) is 47.2 Å². The molecule has 1 aliphatic carbocycles. The van der Waals surface area contributed by atoms with Gasteiger partial charge >= 0.3 is 0 Å². The zero-order chi connectivity index (χ0) is 21.6. The fourth-order valence-electron chi connectivity index (χ4n) is 3.53. The van der Waals surface area contributed by atoms with Crippen LogP contribution in [0.25, 0.3) is 0 Å². The van der Waals surface area contributed by atoms with E-state index in [1.165, 1.54) is 0 Å². The Balaban J connectivity index is 1.46. The summed E-state index contributed by atoms with van der Waals surface area (Å²) in [6.07, 6.45) is 1.91. The minimum atomic E-state index is -0.292. The van der Waals surface area contributed by atoms with Gasteiger partial charge in [0, 0.05) is 28.8 Å². The van der Waals surface area contributed by atoms with Crippen molar-refractivity contribution in [3.63, 3.8) is 0 Å². The van der Waals surface area contributed by atoms with Gasteiger partial charge in [-0.05, 0) is 55.2 Å². The summed E-state index contributed by atoms with van der Waals surface area (Å²) < 4.78 is 0. The molecule has 2 amide bonds. The molecule has 0 unspecified atom stereocenters. The number of benzene rings is 3. The molecule has 0 heterocycles. The first kappa shape index (κ1) is 20.5. The molecule has 0 radical (unpaired) electrons. The van der Waals surface area contributed by atoms with Gasteiger partial charge in [-0.3, -0.25) is 9.59 Å². The molecule has 0 aliphatic heterocycles. The molecule has 0 saturated heterocycles. The molecule has 1 aliphatic rings. The van der Waals surface area contributed by atoms with Crippen molar-refractivity contribution < 1.29 is 9.59 Å². The van der Waals surface area contributed by atoms with E-state index in [2.05, 4.69) is 40.1 Å². The van der Waals surface area contributed by atoms with Crippen LogP contribution in [-0.4, -0.2) is 17.5 Å². The SMILES string of the molecule is C/C(=N\NC(=O)c1ccc(NC(=O)C2CC2)cc1)C(c1ccccc1)c1ccccc1. The van der Waals surface area contributed by atoms with Gasteiger partial charge in [-0.2, -0.15) is 5.10 Å². The molecule has 5 nitrogen and oxygen atoms in total. The lowest BCUT2D eigenvalue weighted by Gasteiger charge is -2.18. The number of rotatable bonds is 7. The highest BCUT2D eigenvalue weighted by Crippen LogP contribution is 2.30. The molecular weight excluding hydrogens is 386 g/mol. The third-order valence-electron chi connectivity index (χ3n) is 5.38. The summed E-state index contributed by atoms with van der Waals surface area (Å²) in [5, 5.41) is 7.28. The maximum Gasteiger partial charge on any atom is 0.271 e. The van der Waals surface area contributed by atoms with Crippen LogP contribution in [-0.2, 0) is 4.79 Å². The largest absolute Gasteiger partial charge is 0.326 e. The van der Waals surface area contributed by atoms with Gasteiger partial charge in [0.05, 0.1) is 0 Å². The summed E-state index contributed by atoms with van der Waals surface area (Å²) in [5.41, 5.74) is 6.86. The lowest BCUT2D eigenvalue weighted by molar-refractivity contribution is -0.117. The van der Waals surface area contributed by atoms with Crippen LogP contribution in [0.4, 0.5) is 5.69 Å². The number of anilines is 1. The average molecular weight is 412 g/mol. The minimum Gasteiger partial charge on any atom is -0.326 e. The Bertz CT molecular complexity index is 1030. The van der Waals surface area contributed by atoms with Crippen molar-refractivity contribution in [1.29, 1.82) is 0 Å². The molecule has 156 valence electrons. The first-order valence-electron chi connectivity index (χ1n) is 10.5. The van der Waals surface area contributed by atoms with Gasteiger partial charge in [-0.25, -0.2) is 5.43 Å². The number of hydrogen-bond donors (Lipinski definition) is 2. The van der Waals surface area contributed by atoms with Crippen molar-refractivity contribution in [2.45, 2.75) is 25.7 Å². The van der Waals surface area contributed by atoms with Crippen LogP contribution in [0.2, 0.25) is 0 Å². The molecule has 2 N–H and O–H groups in total. The van der Waals surface area contributed by atoms with E-state index in [-0.39, 0.29) is 23.7 Å². The second-order valence-corrected chi connectivity index (χ2v) is 7.79. The van der Waals surface area contributed by atoms with E-state index in [9.17, 15) is 9.59 Å². The van der Waals surface area contributed by atoms with Gasteiger partial charge in [0.1, 0.15) is 0 Å². The molecule has 4 rings (SSSR count). The van der Waals surface area contributed by atoms with Crippen molar-refractivity contribution in [2.75, 3.05) is 5.32 Å². The number of carbonyl (C=O) groups excluding carboxylic acids is 2. The van der Waals surface area contributed by atoms with Gasteiger partial charge in [-0.1, -0.05) is 60.7 Å². The summed E-state index contributed by atoms with van der Waals surface area (Å²) >= 11 is 0. The maximum atomic E-state index is 12.6. The zero-order valence-electron chi connectivity index (χ0n) is 17.4. The van der Waals surface area contributed by atoms with Crippen LogP contribution < -0.4 is 10.7 Å². The average Bonchev–Trinajstić information content (AvgIpc) is 3.65. The number of nitrogens with one attached hydrogen (secondary N) is 2. The fourth-order valence-corrected chi connectivity index (χ4v) is 3.53.